The number of halogens is 4. The minimum atomic E-state index is -4.44. The van der Waals surface area contributed by atoms with Crippen LogP contribution in [-0.4, -0.2) is 51.2 Å². The van der Waals surface area contributed by atoms with Gasteiger partial charge in [0.25, 0.3) is 0 Å². The van der Waals surface area contributed by atoms with Gasteiger partial charge in [-0.05, 0) is 0 Å². The fourth-order valence-corrected chi connectivity index (χ4v) is 11.2. The normalized spacial score (nSPS) is 31.1. The topological polar surface area (TPSA) is 61.4 Å². The number of nitrogens with zero attached hydrogens (tertiary/aromatic N) is 1. The number of allylic oxidation sites excluding steroid dienone is 8. The van der Waals surface area contributed by atoms with Crippen molar-refractivity contribution in [1.82, 2.24) is 13.7 Å². The number of alkyl halides is 4. The number of amides is 2. The maximum atomic E-state index is 13.7. The fraction of sp³-hybridized carbons (Fsp3) is 0.706. The van der Waals surface area contributed by atoms with Gasteiger partial charge < -0.3 is 0 Å². The van der Waals surface area contributed by atoms with E-state index in [0.717, 1.165) is 49.1 Å². The van der Waals surface area contributed by atoms with Crippen LogP contribution in [0, 0.1) is 29.1 Å². The summed E-state index contributed by atoms with van der Waals surface area (Å²) in [5.41, 5.74) is 0.302. The molecule has 0 aromatic rings. The molecule has 3 fully saturated rings. The van der Waals surface area contributed by atoms with Crippen molar-refractivity contribution in [2.75, 3.05) is 24.1 Å². The van der Waals surface area contributed by atoms with E-state index < -0.39 is 24.0 Å². The molecule has 0 spiro atoms. The average Bonchev–Trinajstić information content (AvgIpc) is 3.30. The van der Waals surface area contributed by atoms with E-state index in [0.29, 0.717) is 19.3 Å². The molecule has 0 aromatic heterocycles. The molecule has 9 heteroatoms. The summed E-state index contributed by atoms with van der Waals surface area (Å²) < 4.78 is 43.0. The molecule has 2 saturated carbocycles. The molecule has 1 aliphatic heterocycles. The Hall–Kier alpha value is -1.62. The summed E-state index contributed by atoms with van der Waals surface area (Å²) in [6.07, 6.45) is 23.4. The van der Waals surface area contributed by atoms with E-state index in [9.17, 15) is 22.8 Å². The molecular formula is C34H48F3IN3O2-. The van der Waals surface area contributed by atoms with Gasteiger partial charge in [0.2, 0.25) is 0 Å². The number of hydrogen-bond acceptors (Lipinski definition) is 3. The van der Waals surface area contributed by atoms with Crippen LogP contribution in [0.2, 0.25) is 0 Å². The molecule has 43 heavy (non-hydrogen) atoms. The molecule has 5 atom stereocenters. The Morgan fingerprint density at radius 2 is 1.84 bits per heavy atom. The predicted octanol–water partition coefficient (Wildman–Crippen LogP) is 3.64. The zero-order chi connectivity index (χ0) is 30.3. The van der Waals surface area contributed by atoms with Crippen molar-refractivity contribution in [3.63, 3.8) is 0 Å². The van der Waals surface area contributed by atoms with Crippen LogP contribution in [-0.2, 0) is 9.59 Å². The van der Waals surface area contributed by atoms with E-state index >= 15 is 0 Å². The van der Waals surface area contributed by atoms with Gasteiger partial charge in [-0.1, -0.05) is 0 Å². The second-order valence-electron chi connectivity index (χ2n) is 13.1. The first-order chi connectivity index (χ1) is 20.8. The van der Waals surface area contributed by atoms with Gasteiger partial charge in [0.15, 0.2) is 0 Å². The van der Waals surface area contributed by atoms with Gasteiger partial charge in [0.05, 0.1) is 0 Å². The molecule has 5 unspecified atom stereocenters. The number of unbranched alkanes of at least 4 members (excludes halogenated alkanes) is 1. The Morgan fingerprint density at radius 3 is 2.60 bits per heavy atom. The number of carbonyl (C=O) groups is 2. The quantitative estimate of drug-likeness (QED) is 0.141. The molecule has 2 N–H and O–H groups in total. The molecule has 240 valence electrons. The van der Waals surface area contributed by atoms with Crippen LogP contribution in [0.25, 0.3) is 0 Å². The monoisotopic (exact) mass is 714 g/mol. The first-order valence-corrected chi connectivity index (χ1v) is 19.0. The van der Waals surface area contributed by atoms with E-state index in [1.165, 1.54) is 44.1 Å². The van der Waals surface area contributed by atoms with E-state index in [1.807, 2.05) is 18.2 Å². The van der Waals surface area contributed by atoms with Crippen molar-refractivity contribution < 1.29 is 44.2 Å². The summed E-state index contributed by atoms with van der Waals surface area (Å²) in [6.45, 7) is 0.644. The molecule has 2 amide bonds. The predicted molar refractivity (Wildman–Crippen MR) is 159 cm³/mol. The first-order valence-electron chi connectivity index (χ1n) is 16.5. The Bertz CT molecular complexity index is 1090. The zero-order valence-corrected chi connectivity index (χ0v) is 27.4. The summed E-state index contributed by atoms with van der Waals surface area (Å²) in [6, 6.07) is 0.290. The van der Waals surface area contributed by atoms with Crippen LogP contribution in [0.3, 0.4) is 0 Å². The Kier molecular flexibility index (Phi) is 11.5. The van der Waals surface area contributed by atoms with Crippen molar-refractivity contribution >= 4 is 11.8 Å². The van der Waals surface area contributed by atoms with Gasteiger partial charge in [-0.2, -0.15) is 0 Å². The third-order valence-electron chi connectivity index (χ3n) is 10.3. The molecule has 5 aliphatic rings. The Morgan fingerprint density at radius 1 is 1.02 bits per heavy atom. The van der Waals surface area contributed by atoms with E-state index in [2.05, 4.69) is 38.1 Å². The van der Waals surface area contributed by atoms with Crippen LogP contribution < -0.4 is 32.1 Å². The number of hydrogen-bond donors (Lipinski definition) is 2. The third-order valence-corrected chi connectivity index (χ3v) is 13.7. The molecular weight excluding hydrogens is 666 g/mol. The third kappa shape index (κ3) is 8.35. The van der Waals surface area contributed by atoms with Crippen molar-refractivity contribution in [2.45, 2.75) is 95.7 Å². The molecule has 1 heterocycles. The summed E-state index contributed by atoms with van der Waals surface area (Å²) in [7, 11) is 0. The SMILES string of the molecule is O=C(CCCC1CCCCC1)NC1CCN(CCCCC2(C(=O)NCC(F)(F)F)C3CC=CC=C3C3C=CC=CC32)[I-]C1. The summed E-state index contributed by atoms with van der Waals surface area (Å²) in [5.74, 6) is 0.428. The van der Waals surface area contributed by atoms with Crippen molar-refractivity contribution in [3.05, 3.63) is 48.1 Å². The molecule has 0 aromatic carbocycles. The fourth-order valence-electron chi connectivity index (χ4n) is 8.18. The number of carbonyl (C=O) groups excluding carboxylic acids is 2. The van der Waals surface area contributed by atoms with Gasteiger partial charge in [0, 0.05) is 0 Å². The first kappa shape index (κ1) is 32.8. The molecule has 5 rings (SSSR count). The van der Waals surface area contributed by atoms with E-state index in [-0.39, 0.29) is 51.2 Å². The summed E-state index contributed by atoms with van der Waals surface area (Å²) in [4.78, 5) is 26.3. The number of fused-ring (bicyclic) bond motifs is 3. The van der Waals surface area contributed by atoms with Crippen molar-refractivity contribution in [3.8, 4) is 0 Å². The van der Waals surface area contributed by atoms with Gasteiger partial charge >= 0.3 is 267 Å². The molecule has 5 nitrogen and oxygen atoms in total. The van der Waals surface area contributed by atoms with E-state index in [4.69, 9.17) is 0 Å². The number of rotatable bonds is 12. The molecule has 0 bridgehead atoms. The van der Waals surface area contributed by atoms with Gasteiger partial charge in [-0.3, -0.25) is 0 Å². The molecule has 1 saturated heterocycles. The van der Waals surface area contributed by atoms with Crippen molar-refractivity contribution in [2.24, 2.45) is 29.1 Å². The van der Waals surface area contributed by atoms with Gasteiger partial charge in [-0.25, -0.2) is 0 Å². The van der Waals surface area contributed by atoms with Crippen LogP contribution in [0.1, 0.15) is 83.5 Å². The second kappa shape index (κ2) is 15.1. The standard InChI is InChI=1S/C34H48F3IN3O2/c35-34(36,37)24-39-32(43)33(29-16-6-4-14-27(29)28-15-5-7-17-30(28)33)20-8-9-21-41-22-19-26(23-38-41)40-31(42)18-10-13-25-11-2-1-3-12-25/h4-7,14-16,25-27,29-30H,1-3,8-13,17-24H2,(H,39,43)(H,40,42)/q-1. The summed E-state index contributed by atoms with van der Waals surface area (Å²) in [5, 5.41) is 5.59. The van der Waals surface area contributed by atoms with Crippen LogP contribution in [0.4, 0.5) is 13.2 Å². The van der Waals surface area contributed by atoms with Gasteiger partial charge in [0.1, 0.15) is 0 Å². The molecule has 0 radical (unpaired) electrons. The van der Waals surface area contributed by atoms with Crippen LogP contribution in [0.15, 0.2) is 48.1 Å². The Balaban J connectivity index is 1.09. The summed E-state index contributed by atoms with van der Waals surface area (Å²) >= 11 is -0.172. The van der Waals surface area contributed by atoms with Crippen LogP contribution in [0.5, 0.6) is 0 Å². The van der Waals surface area contributed by atoms with Gasteiger partial charge in [-0.15, -0.1) is 0 Å². The number of nitrogens with one attached hydrogen (secondary N) is 2. The zero-order valence-electron chi connectivity index (χ0n) is 25.2. The minimum absolute atomic E-state index is 0.0592. The molecule has 4 aliphatic carbocycles. The van der Waals surface area contributed by atoms with Crippen molar-refractivity contribution in [1.29, 1.82) is 0 Å². The maximum absolute atomic E-state index is 13.7. The van der Waals surface area contributed by atoms with E-state index in [1.54, 1.807) is 0 Å². The second-order valence-corrected chi connectivity index (χ2v) is 16.1. The van der Waals surface area contributed by atoms with Crippen LogP contribution >= 0.6 is 0 Å². The average molecular weight is 715 g/mol. The Labute approximate surface area is 265 Å².